The predicted octanol–water partition coefficient (Wildman–Crippen LogP) is 3.69. The molecule has 0 saturated heterocycles. The lowest BCUT2D eigenvalue weighted by atomic mass is 10.1. The fourth-order valence-electron chi connectivity index (χ4n) is 2.17. The number of anilines is 1. The first kappa shape index (κ1) is 13.1. The molecule has 0 aliphatic carbocycles. The molecule has 0 aliphatic rings. The summed E-state index contributed by atoms with van der Waals surface area (Å²) in [7, 11) is 0. The average molecular weight is 277 g/mol. The number of hydrogen-bond donors (Lipinski definition) is 2. The number of phenols is 1. The van der Waals surface area contributed by atoms with Crippen molar-refractivity contribution in [3.8, 4) is 5.75 Å². The second kappa shape index (κ2) is 5.63. The molecule has 3 rings (SSSR count). The summed E-state index contributed by atoms with van der Waals surface area (Å²) in [5.41, 5.74) is 5.62. The molecule has 0 bridgehead atoms. The van der Waals surface area contributed by atoms with Gasteiger partial charge in [0.2, 0.25) is 0 Å². The van der Waals surface area contributed by atoms with E-state index in [0.717, 1.165) is 16.5 Å². The van der Waals surface area contributed by atoms with Crippen LogP contribution >= 0.6 is 0 Å². The van der Waals surface area contributed by atoms with Crippen molar-refractivity contribution in [3.63, 3.8) is 0 Å². The number of rotatable bonds is 3. The van der Waals surface area contributed by atoms with Crippen LogP contribution in [0.4, 0.5) is 5.82 Å². The van der Waals surface area contributed by atoms with E-state index in [1.807, 2.05) is 43.3 Å². The average Bonchev–Trinajstić information content (AvgIpc) is 2.49. The molecule has 4 nitrogen and oxygen atoms in total. The summed E-state index contributed by atoms with van der Waals surface area (Å²) in [6.45, 7) is 2.04. The zero-order valence-corrected chi connectivity index (χ0v) is 11.6. The van der Waals surface area contributed by atoms with Gasteiger partial charge in [-0.05, 0) is 36.8 Å². The van der Waals surface area contributed by atoms with Crippen molar-refractivity contribution in [1.29, 1.82) is 0 Å². The number of para-hydroxylation sites is 2. The van der Waals surface area contributed by atoms with Gasteiger partial charge in [-0.2, -0.15) is 5.10 Å². The van der Waals surface area contributed by atoms with E-state index in [4.69, 9.17) is 0 Å². The van der Waals surface area contributed by atoms with Crippen molar-refractivity contribution < 1.29 is 5.11 Å². The normalized spacial score (nSPS) is 11.1. The number of aromatic hydroxyl groups is 1. The van der Waals surface area contributed by atoms with Gasteiger partial charge < -0.3 is 5.11 Å². The molecule has 2 N–H and O–H groups in total. The van der Waals surface area contributed by atoms with Crippen LogP contribution in [-0.2, 0) is 0 Å². The summed E-state index contributed by atoms with van der Waals surface area (Å²) in [4.78, 5) is 4.50. The van der Waals surface area contributed by atoms with Crippen molar-refractivity contribution in [1.82, 2.24) is 4.98 Å². The molecule has 1 aromatic heterocycles. The van der Waals surface area contributed by atoms with Crippen LogP contribution in [0.1, 0.15) is 11.1 Å². The highest BCUT2D eigenvalue weighted by Crippen LogP contribution is 2.19. The smallest absolute Gasteiger partial charge is 0.147 e. The Kier molecular flexibility index (Phi) is 3.51. The van der Waals surface area contributed by atoms with Crippen LogP contribution in [0.2, 0.25) is 0 Å². The lowest BCUT2D eigenvalue weighted by Gasteiger charge is -2.05. The van der Waals surface area contributed by atoms with Crippen molar-refractivity contribution >= 4 is 22.9 Å². The highest BCUT2D eigenvalue weighted by Gasteiger charge is 2.01. The number of phenolic OH excluding ortho intramolecular Hbond substituents is 1. The van der Waals surface area contributed by atoms with E-state index in [9.17, 15) is 5.11 Å². The summed E-state index contributed by atoms with van der Waals surface area (Å²) in [6, 6.07) is 17.0. The molecular weight excluding hydrogens is 262 g/mol. The minimum Gasteiger partial charge on any atom is -0.507 e. The summed E-state index contributed by atoms with van der Waals surface area (Å²) in [6.07, 6.45) is 1.57. The van der Waals surface area contributed by atoms with E-state index in [-0.39, 0.29) is 5.75 Å². The van der Waals surface area contributed by atoms with Crippen LogP contribution < -0.4 is 5.43 Å². The lowest BCUT2D eigenvalue weighted by Crippen LogP contribution is -1.95. The van der Waals surface area contributed by atoms with Gasteiger partial charge in [0.05, 0.1) is 11.7 Å². The Morgan fingerprint density at radius 3 is 2.71 bits per heavy atom. The summed E-state index contributed by atoms with van der Waals surface area (Å²) < 4.78 is 0. The molecular formula is C17H15N3O. The number of fused-ring (bicyclic) bond motifs is 1. The van der Waals surface area contributed by atoms with E-state index < -0.39 is 0 Å². The molecule has 2 aromatic carbocycles. The SMILES string of the molecule is Cc1cc(N/N=C/c2ccccc2O)nc2ccccc12. The van der Waals surface area contributed by atoms with Gasteiger partial charge >= 0.3 is 0 Å². The largest absolute Gasteiger partial charge is 0.507 e. The number of hydrogen-bond acceptors (Lipinski definition) is 4. The zero-order valence-electron chi connectivity index (χ0n) is 11.6. The van der Waals surface area contributed by atoms with Gasteiger partial charge in [-0.3, -0.25) is 5.43 Å². The van der Waals surface area contributed by atoms with Crippen molar-refractivity contribution in [2.75, 3.05) is 5.43 Å². The van der Waals surface area contributed by atoms with Gasteiger partial charge in [0.25, 0.3) is 0 Å². The topological polar surface area (TPSA) is 57.5 Å². The van der Waals surface area contributed by atoms with Crippen LogP contribution in [0, 0.1) is 6.92 Å². The number of aromatic nitrogens is 1. The van der Waals surface area contributed by atoms with Gasteiger partial charge in [-0.1, -0.05) is 30.3 Å². The maximum atomic E-state index is 9.66. The third-order valence-corrected chi connectivity index (χ3v) is 3.24. The predicted molar refractivity (Wildman–Crippen MR) is 85.8 cm³/mol. The highest BCUT2D eigenvalue weighted by atomic mass is 16.3. The Morgan fingerprint density at radius 2 is 1.86 bits per heavy atom. The quantitative estimate of drug-likeness (QED) is 0.567. The molecule has 0 saturated carbocycles. The maximum Gasteiger partial charge on any atom is 0.147 e. The second-order valence-corrected chi connectivity index (χ2v) is 4.77. The van der Waals surface area contributed by atoms with Crippen molar-refractivity contribution in [2.45, 2.75) is 6.92 Å². The zero-order chi connectivity index (χ0) is 14.7. The van der Waals surface area contributed by atoms with E-state index in [0.29, 0.717) is 11.4 Å². The molecule has 0 aliphatic heterocycles. The minimum absolute atomic E-state index is 0.200. The molecule has 0 amide bonds. The van der Waals surface area contributed by atoms with E-state index in [1.54, 1.807) is 24.4 Å². The summed E-state index contributed by atoms with van der Waals surface area (Å²) >= 11 is 0. The number of hydrazone groups is 1. The fraction of sp³-hybridized carbons (Fsp3) is 0.0588. The number of benzene rings is 2. The molecule has 1 heterocycles. The minimum atomic E-state index is 0.200. The molecule has 3 aromatic rings. The van der Waals surface area contributed by atoms with Crippen LogP contribution in [0.3, 0.4) is 0 Å². The second-order valence-electron chi connectivity index (χ2n) is 4.77. The molecule has 4 heteroatoms. The van der Waals surface area contributed by atoms with Gasteiger partial charge in [0.1, 0.15) is 11.6 Å². The van der Waals surface area contributed by atoms with Crippen LogP contribution in [0.5, 0.6) is 5.75 Å². The maximum absolute atomic E-state index is 9.66. The third-order valence-electron chi connectivity index (χ3n) is 3.24. The van der Waals surface area contributed by atoms with Gasteiger partial charge in [-0.15, -0.1) is 0 Å². The van der Waals surface area contributed by atoms with Crippen LogP contribution in [0.25, 0.3) is 10.9 Å². The fourth-order valence-corrected chi connectivity index (χ4v) is 2.17. The number of nitrogens with one attached hydrogen (secondary N) is 1. The molecule has 0 radical (unpaired) electrons. The molecule has 0 fully saturated rings. The van der Waals surface area contributed by atoms with Gasteiger partial charge in [-0.25, -0.2) is 4.98 Å². The first-order chi connectivity index (χ1) is 10.2. The first-order valence-electron chi connectivity index (χ1n) is 6.67. The van der Waals surface area contributed by atoms with Crippen LogP contribution in [0.15, 0.2) is 59.7 Å². The molecule has 0 unspecified atom stereocenters. The third kappa shape index (κ3) is 2.84. The molecule has 0 spiro atoms. The molecule has 21 heavy (non-hydrogen) atoms. The van der Waals surface area contributed by atoms with Gasteiger partial charge in [0.15, 0.2) is 0 Å². The Bertz CT molecular complexity index is 812. The Balaban J connectivity index is 1.84. The molecule has 104 valence electrons. The number of pyridine rings is 1. The molecule has 0 atom stereocenters. The standard InChI is InChI=1S/C17H15N3O/c1-12-10-17(19-15-8-4-3-7-14(12)15)20-18-11-13-6-2-5-9-16(13)21/h2-11,21H,1H3,(H,19,20)/b18-11+. The van der Waals surface area contributed by atoms with E-state index >= 15 is 0 Å². The number of aryl methyl sites for hydroxylation is 1. The Hall–Kier alpha value is -2.88. The van der Waals surface area contributed by atoms with Crippen molar-refractivity contribution in [3.05, 3.63) is 65.7 Å². The van der Waals surface area contributed by atoms with E-state index in [1.165, 1.54) is 0 Å². The Labute approximate surface area is 122 Å². The van der Waals surface area contributed by atoms with Crippen molar-refractivity contribution in [2.24, 2.45) is 5.10 Å². The van der Waals surface area contributed by atoms with E-state index in [2.05, 4.69) is 15.5 Å². The highest BCUT2D eigenvalue weighted by molar-refractivity contribution is 5.85. The lowest BCUT2D eigenvalue weighted by molar-refractivity contribution is 0.474. The number of nitrogens with zero attached hydrogens (tertiary/aromatic N) is 2. The summed E-state index contributed by atoms with van der Waals surface area (Å²) in [5.74, 6) is 0.878. The summed E-state index contributed by atoms with van der Waals surface area (Å²) in [5, 5.41) is 14.9. The van der Waals surface area contributed by atoms with Crippen LogP contribution in [-0.4, -0.2) is 16.3 Å². The first-order valence-corrected chi connectivity index (χ1v) is 6.67. The Morgan fingerprint density at radius 1 is 1.10 bits per heavy atom. The van der Waals surface area contributed by atoms with Gasteiger partial charge in [0, 0.05) is 10.9 Å². The monoisotopic (exact) mass is 277 g/mol.